The van der Waals surface area contributed by atoms with E-state index in [1.807, 2.05) is 0 Å². The highest BCUT2D eigenvalue weighted by molar-refractivity contribution is 5.82. The summed E-state index contributed by atoms with van der Waals surface area (Å²) in [6, 6.07) is -0.675. The summed E-state index contributed by atoms with van der Waals surface area (Å²) < 4.78 is 0. The average Bonchev–Trinajstić information content (AvgIpc) is 2.80. The Kier molecular flexibility index (Phi) is 5.14. The number of carboxylic acid groups (broad SMARTS) is 1. The number of hydrogen-bond acceptors (Lipinski definition) is 3. The fraction of sp³-hybridized carbons (Fsp3) is 0.846. The Labute approximate surface area is 108 Å². The highest BCUT2D eigenvalue weighted by atomic mass is 16.4. The lowest BCUT2D eigenvalue weighted by molar-refractivity contribution is -0.137. The Balaban J connectivity index is 2.51. The lowest BCUT2D eigenvalue weighted by Gasteiger charge is -2.27. The maximum atomic E-state index is 12.1. The van der Waals surface area contributed by atoms with E-state index in [0.717, 1.165) is 32.4 Å². The number of likely N-dealkylation sites (tertiary alicyclic amines) is 1. The van der Waals surface area contributed by atoms with Crippen molar-refractivity contribution >= 4 is 11.9 Å². The van der Waals surface area contributed by atoms with Gasteiger partial charge in [-0.15, -0.1) is 0 Å². The number of carboxylic acids is 1. The van der Waals surface area contributed by atoms with Gasteiger partial charge in [-0.3, -0.25) is 9.59 Å². The van der Waals surface area contributed by atoms with E-state index in [0.29, 0.717) is 0 Å². The predicted molar refractivity (Wildman–Crippen MR) is 69.1 cm³/mol. The van der Waals surface area contributed by atoms with Gasteiger partial charge >= 0.3 is 5.97 Å². The molecule has 1 aliphatic rings. The van der Waals surface area contributed by atoms with Gasteiger partial charge in [0.15, 0.2) is 0 Å². The first-order chi connectivity index (χ1) is 8.44. The zero-order chi connectivity index (χ0) is 13.8. The third-order valence-electron chi connectivity index (χ3n) is 4.24. The number of rotatable bonds is 6. The van der Waals surface area contributed by atoms with Gasteiger partial charge in [-0.1, -0.05) is 13.8 Å². The van der Waals surface area contributed by atoms with Crippen molar-refractivity contribution in [3.05, 3.63) is 0 Å². The molecule has 0 aromatic heterocycles. The average molecular weight is 256 g/mol. The normalized spacial score (nSPS) is 19.8. The Bertz CT molecular complexity index is 313. The summed E-state index contributed by atoms with van der Waals surface area (Å²) in [7, 11) is 0. The smallest absolute Gasteiger partial charge is 0.303 e. The van der Waals surface area contributed by atoms with Crippen molar-refractivity contribution in [2.75, 3.05) is 13.1 Å². The molecule has 0 aromatic rings. The minimum atomic E-state index is -0.906. The molecule has 1 rings (SSSR count). The number of carbonyl (C=O) groups is 2. The van der Waals surface area contributed by atoms with E-state index in [-0.39, 0.29) is 24.2 Å². The van der Waals surface area contributed by atoms with E-state index in [1.165, 1.54) is 0 Å². The van der Waals surface area contributed by atoms with Crippen LogP contribution in [0.5, 0.6) is 0 Å². The van der Waals surface area contributed by atoms with Gasteiger partial charge in [0.05, 0.1) is 6.04 Å². The maximum absolute atomic E-state index is 12.1. The maximum Gasteiger partial charge on any atom is 0.303 e. The van der Waals surface area contributed by atoms with Gasteiger partial charge in [0.1, 0.15) is 0 Å². The fourth-order valence-electron chi connectivity index (χ4n) is 2.59. The summed E-state index contributed by atoms with van der Waals surface area (Å²) in [5.74, 6) is -1.00. The molecule has 104 valence electrons. The van der Waals surface area contributed by atoms with E-state index >= 15 is 0 Å². The van der Waals surface area contributed by atoms with Gasteiger partial charge in [-0.2, -0.15) is 0 Å². The fourth-order valence-corrected chi connectivity index (χ4v) is 2.59. The summed E-state index contributed by atoms with van der Waals surface area (Å²) >= 11 is 0. The largest absolute Gasteiger partial charge is 0.481 e. The van der Waals surface area contributed by atoms with Crippen LogP contribution in [-0.4, -0.2) is 41.0 Å². The molecule has 1 saturated heterocycles. The van der Waals surface area contributed by atoms with Crippen LogP contribution in [0.25, 0.3) is 0 Å². The summed E-state index contributed by atoms with van der Waals surface area (Å²) in [5.41, 5.74) is 6.00. The van der Waals surface area contributed by atoms with Gasteiger partial charge in [-0.05, 0) is 31.1 Å². The van der Waals surface area contributed by atoms with Crippen molar-refractivity contribution in [1.82, 2.24) is 4.90 Å². The standard InChI is InChI=1S/C13H24N2O3/c1-3-13(4-2)7-8-15(9-13)12(18)10(14)5-6-11(16)17/h10H,3-9,14H2,1-2H3,(H,16,17). The van der Waals surface area contributed by atoms with Gasteiger partial charge in [0.25, 0.3) is 0 Å². The van der Waals surface area contributed by atoms with E-state index in [1.54, 1.807) is 4.90 Å². The quantitative estimate of drug-likeness (QED) is 0.748. The third-order valence-corrected chi connectivity index (χ3v) is 4.24. The van der Waals surface area contributed by atoms with Gasteiger partial charge in [0, 0.05) is 19.5 Å². The van der Waals surface area contributed by atoms with Crippen LogP contribution >= 0.6 is 0 Å². The molecule has 0 aliphatic carbocycles. The molecule has 1 aliphatic heterocycles. The van der Waals surface area contributed by atoms with Crippen LogP contribution in [0.4, 0.5) is 0 Å². The highest BCUT2D eigenvalue weighted by Crippen LogP contribution is 2.37. The van der Waals surface area contributed by atoms with Crippen LogP contribution in [0.2, 0.25) is 0 Å². The number of nitrogens with two attached hydrogens (primary N) is 1. The van der Waals surface area contributed by atoms with Crippen LogP contribution in [0, 0.1) is 5.41 Å². The molecule has 18 heavy (non-hydrogen) atoms. The van der Waals surface area contributed by atoms with Crippen molar-refractivity contribution in [1.29, 1.82) is 0 Å². The second-order valence-corrected chi connectivity index (χ2v) is 5.26. The third kappa shape index (κ3) is 3.45. The van der Waals surface area contributed by atoms with Gasteiger partial charge < -0.3 is 15.7 Å². The predicted octanol–water partition coefficient (Wildman–Crippen LogP) is 1.22. The van der Waals surface area contributed by atoms with E-state index in [2.05, 4.69) is 13.8 Å². The van der Waals surface area contributed by atoms with E-state index in [4.69, 9.17) is 10.8 Å². The van der Waals surface area contributed by atoms with Gasteiger partial charge in [-0.25, -0.2) is 0 Å². The Morgan fingerprint density at radius 3 is 2.44 bits per heavy atom. The first-order valence-corrected chi connectivity index (χ1v) is 6.70. The first-order valence-electron chi connectivity index (χ1n) is 6.70. The molecular formula is C13H24N2O3. The molecular weight excluding hydrogens is 232 g/mol. The molecule has 0 radical (unpaired) electrons. The minimum absolute atomic E-state index is 0.0482. The van der Waals surface area contributed by atoms with Crippen LogP contribution in [0.3, 0.4) is 0 Å². The number of aliphatic carboxylic acids is 1. The summed E-state index contributed by atoms with van der Waals surface area (Å²) in [5, 5.41) is 8.59. The summed E-state index contributed by atoms with van der Waals surface area (Å²) in [6.45, 7) is 5.82. The summed E-state index contributed by atoms with van der Waals surface area (Å²) in [6.07, 6.45) is 3.33. The van der Waals surface area contributed by atoms with Crippen molar-refractivity contribution < 1.29 is 14.7 Å². The molecule has 0 saturated carbocycles. The molecule has 0 bridgehead atoms. The Morgan fingerprint density at radius 2 is 2.00 bits per heavy atom. The molecule has 1 heterocycles. The number of hydrogen-bond donors (Lipinski definition) is 2. The van der Waals surface area contributed by atoms with Crippen LogP contribution in [-0.2, 0) is 9.59 Å². The molecule has 3 N–H and O–H groups in total. The molecule has 1 atom stereocenters. The monoisotopic (exact) mass is 256 g/mol. The Hall–Kier alpha value is -1.10. The lowest BCUT2D eigenvalue weighted by atomic mass is 9.82. The SMILES string of the molecule is CCC1(CC)CCN(C(=O)C(N)CCC(=O)O)C1. The molecule has 1 fully saturated rings. The minimum Gasteiger partial charge on any atom is -0.481 e. The van der Waals surface area contributed by atoms with Gasteiger partial charge in [0.2, 0.25) is 5.91 Å². The number of nitrogens with zero attached hydrogens (tertiary/aromatic N) is 1. The van der Waals surface area contributed by atoms with Crippen molar-refractivity contribution in [2.24, 2.45) is 11.1 Å². The number of carbonyl (C=O) groups excluding carboxylic acids is 1. The molecule has 1 unspecified atom stereocenters. The second-order valence-electron chi connectivity index (χ2n) is 5.26. The van der Waals surface area contributed by atoms with Crippen molar-refractivity contribution in [3.8, 4) is 0 Å². The zero-order valence-corrected chi connectivity index (χ0v) is 11.3. The van der Waals surface area contributed by atoms with Crippen LogP contribution in [0.15, 0.2) is 0 Å². The molecule has 5 heteroatoms. The Morgan fingerprint density at radius 1 is 1.39 bits per heavy atom. The van der Waals surface area contributed by atoms with Crippen LogP contribution < -0.4 is 5.73 Å². The molecule has 0 spiro atoms. The zero-order valence-electron chi connectivity index (χ0n) is 11.3. The second kappa shape index (κ2) is 6.18. The lowest BCUT2D eigenvalue weighted by Crippen LogP contribution is -2.43. The van der Waals surface area contributed by atoms with Crippen LogP contribution in [0.1, 0.15) is 46.0 Å². The molecule has 5 nitrogen and oxygen atoms in total. The molecule has 1 amide bonds. The van der Waals surface area contributed by atoms with E-state index in [9.17, 15) is 9.59 Å². The van der Waals surface area contributed by atoms with Crippen molar-refractivity contribution in [2.45, 2.75) is 52.0 Å². The highest BCUT2D eigenvalue weighted by Gasteiger charge is 2.38. The number of amides is 1. The summed E-state index contributed by atoms with van der Waals surface area (Å²) in [4.78, 5) is 24.4. The first kappa shape index (κ1) is 15.0. The van der Waals surface area contributed by atoms with Crippen molar-refractivity contribution in [3.63, 3.8) is 0 Å². The van der Waals surface area contributed by atoms with E-state index < -0.39 is 12.0 Å². The molecule has 0 aromatic carbocycles. The topological polar surface area (TPSA) is 83.6 Å².